The molecule has 1 unspecified atom stereocenters. The molecule has 1 aliphatic heterocycles. The smallest absolute Gasteiger partial charge is 0.237 e. The van der Waals surface area contributed by atoms with E-state index in [2.05, 4.69) is 20.5 Å². The van der Waals surface area contributed by atoms with Gasteiger partial charge in [0.2, 0.25) is 5.91 Å². The predicted molar refractivity (Wildman–Crippen MR) is 128 cm³/mol. The van der Waals surface area contributed by atoms with E-state index in [1.807, 2.05) is 55.5 Å². The third-order valence-corrected chi connectivity index (χ3v) is 5.81. The zero-order valence-electron chi connectivity index (χ0n) is 19.2. The van der Waals surface area contributed by atoms with Gasteiger partial charge in [0.25, 0.3) is 0 Å². The minimum atomic E-state index is -0.864. The summed E-state index contributed by atoms with van der Waals surface area (Å²) in [6, 6.07) is 15.1. The van der Waals surface area contributed by atoms with Gasteiger partial charge in [-0.05, 0) is 42.8 Å². The Morgan fingerprint density at radius 1 is 1.15 bits per heavy atom. The highest BCUT2D eigenvalue weighted by Crippen LogP contribution is 2.35. The zero-order chi connectivity index (χ0) is 23.3. The normalized spacial score (nSPS) is 17.8. The van der Waals surface area contributed by atoms with E-state index in [0.717, 1.165) is 23.5 Å². The van der Waals surface area contributed by atoms with Gasteiger partial charge < -0.3 is 20.1 Å². The number of rotatable bonds is 8. The highest BCUT2D eigenvalue weighted by molar-refractivity contribution is 5.99. The van der Waals surface area contributed by atoms with Crippen molar-refractivity contribution in [3.63, 3.8) is 0 Å². The van der Waals surface area contributed by atoms with Crippen molar-refractivity contribution in [3.8, 4) is 5.75 Å². The van der Waals surface area contributed by atoms with Gasteiger partial charge in [0.15, 0.2) is 0 Å². The first-order valence-corrected chi connectivity index (χ1v) is 10.9. The molecule has 2 N–H and O–H groups in total. The summed E-state index contributed by atoms with van der Waals surface area (Å²) in [6.07, 6.45) is 3.46. The third-order valence-electron chi connectivity index (χ3n) is 5.81. The number of aromatic nitrogens is 2. The van der Waals surface area contributed by atoms with E-state index in [0.29, 0.717) is 37.0 Å². The highest BCUT2D eigenvalue weighted by atomic mass is 16.5. The van der Waals surface area contributed by atoms with Crippen LogP contribution in [0.2, 0.25) is 0 Å². The Morgan fingerprint density at radius 2 is 2.00 bits per heavy atom. The standard InChI is InChI=1S/C25H29N5O3/c1-25(24(31)28-19-6-4-8-21(14-19)33-3)17-30(12-13-32-2)16-18-9-10-22(29-23(18)25)27-20-7-5-11-26-15-20/h4-11,14-15H,12-13,16-17H2,1-3H3,(H,27,29)(H,28,31). The Balaban J connectivity index is 1.66. The summed E-state index contributed by atoms with van der Waals surface area (Å²) in [5.74, 6) is 1.24. The van der Waals surface area contributed by atoms with Gasteiger partial charge >= 0.3 is 0 Å². The quantitative estimate of drug-likeness (QED) is 0.546. The second-order valence-electron chi connectivity index (χ2n) is 8.29. The van der Waals surface area contributed by atoms with Crippen molar-refractivity contribution in [2.75, 3.05) is 44.5 Å². The summed E-state index contributed by atoms with van der Waals surface area (Å²) in [5, 5.41) is 6.35. The number of pyridine rings is 2. The first kappa shape index (κ1) is 22.7. The lowest BCUT2D eigenvalue weighted by Crippen LogP contribution is -2.52. The first-order valence-electron chi connectivity index (χ1n) is 10.9. The number of amides is 1. The summed E-state index contributed by atoms with van der Waals surface area (Å²) in [6.45, 7) is 4.51. The van der Waals surface area contributed by atoms with Crippen molar-refractivity contribution in [1.29, 1.82) is 0 Å². The molecular formula is C25H29N5O3. The molecule has 1 amide bonds. The molecule has 4 rings (SSSR count). The second-order valence-corrected chi connectivity index (χ2v) is 8.29. The third kappa shape index (κ3) is 5.13. The fraction of sp³-hybridized carbons (Fsp3) is 0.320. The summed E-state index contributed by atoms with van der Waals surface area (Å²) in [5.41, 5.74) is 2.45. The van der Waals surface area contributed by atoms with Crippen molar-refractivity contribution in [2.45, 2.75) is 18.9 Å². The number of methoxy groups -OCH3 is 2. The Morgan fingerprint density at radius 3 is 2.76 bits per heavy atom. The molecule has 8 heteroatoms. The molecule has 0 aliphatic carbocycles. The zero-order valence-corrected chi connectivity index (χ0v) is 19.2. The van der Waals surface area contributed by atoms with E-state index in [9.17, 15) is 4.79 Å². The lowest BCUT2D eigenvalue weighted by Gasteiger charge is -2.40. The number of hydrogen-bond donors (Lipinski definition) is 2. The highest BCUT2D eigenvalue weighted by Gasteiger charge is 2.43. The van der Waals surface area contributed by atoms with Crippen molar-refractivity contribution >= 4 is 23.1 Å². The molecule has 8 nitrogen and oxygen atoms in total. The van der Waals surface area contributed by atoms with Crippen molar-refractivity contribution < 1.29 is 14.3 Å². The van der Waals surface area contributed by atoms with Crippen LogP contribution in [0.15, 0.2) is 60.9 Å². The molecule has 0 radical (unpaired) electrons. The summed E-state index contributed by atoms with van der Waals surface area (Å²) in [4.78, 5) is 24.9. The van der Waals surface area contributed by atoms with E-state index in [1.54, 1.807) is 26.6 Å². The predicted octanol–water partition coefficient (Wildman–Crippen LogP) is 3.59. The average molecular weight is 448 g/mol. The number of fused-ring (bicyclic) bond motifs is 1. The van der Waals surface area contributed by atoms with E-state index >= 15 is 0 Å². The Hall–Kier alpha value is -3.49. The molecular weight excluding hydrogens is 418 g/mol. The molecule has 172 valence electrons. The summed E-state index contributed by atoms with van der Waals surface area (Å²) < 4.78 is 10.6. The number of ether oxygens (including phenoxy) is 2. The van der Waals surface area contributed by atoms with Gasteiger partial charge in [-0.25, -0.2) is 4.98 Å². The molecule has 0 saturated carbocycles. The fourth-order valence-corrected chi connectivity index (χ4v) is 4.09. The van der Waals surface area contributed by atoms with Crippen LogP contribution in [-0.4, -0.2) is 54.7 Å². The van der Waals surface area contributed by atoms with E-state index < -0.39 is 5.41 Å². The molecule has 3 aromatic rings. The van der Waals surface area contributed by atoms with E-state index in [-0.39, 0.29) is 5.91 Å². The molecule has 1 aliphatic rings. The Bertz CT molecular complexity index is 1110. The lowest BCUT2D eigenvalue weighted by molar-refractivity contribution is -0.122. The van der Waals surface area contributed by atoms with Crippen LogP contribution in [0, 0.1) is 0 Å². The molecule has 0 bridgehead atoms. The number of carbonyl (C=O) groups excluding carboxylic acids is 1. The Labute approximate surface area is 194 Å². The van der Waals surface area contributed by atoms with Crippen molar-refractivity contribution in [3.05, 3.63) is 72.2 Å². The number of hydrogen-bond acceptors (Lipinski definition) is 7. The minimum absolute atomic E-state index is 0.120. The maximum Gasteiger partial charge on any atom is 0.237 e. The molecule has 1 aromatic carbocycles. The molecule has 3 heterocycles. The molecule has 2 aromatic heterocycles. The van der Waals surface area contributed by atoms with Crippen LogP contribution >= 0.6 is 0 Å². The van der Waals surface area contributed by atoms with Gasteiger partial charge in [-0.15, -0.1) is 0 Å². The fourth-order valence-electron chi connectivity index (χ4n) is 4.09. The number of anilines is 3. The molecule has 33 heavy (non-hydrogen) atoms. The van der Waals surface area contributed by atoms with Crippen LogP contribution in [0.4, 0.5) is 17.2 Å². The number of benzene rings is 1. The van der Waals surface area contributed by atoms with Gasteiger partial charge in [0.05, 0.1) is 31.3 Å². The van der Waals surface area contributed by atoms with Gasteiger partial charge in [0, 0.05) is 44.7 Å². The molecule has 1 atom stereocenters. The number of nitrogens with one attached hydrogen (secondary N) is 2. The van der Waals surface area contributed by atoms with Crippen molar-refractivity contribution in [1.82, 2.24) is 14.9 Å². The Kier molecular flexibility index (Phi) is 6.86. The first-order chi connectivity index (χ1) is 16.0. The second kappa shape index (κ2) is 9.97. The SMILES string of the molecule is COCCN1Cc2ccc(Nc3cccnc3)nc2C(C)(C(=O)Nc2cccc(OC)c2)C1. The molecule has 0 saturated heterocycles. The largest absolute Gasteiger partial charge is 0.497 e. The number of carbonyl (C=O) groups is 1. The van der Waals surface area contributed by atoms with Crippen LogP contribution in [0.3, 0.4) is 0 Å². The summed E-state index contributed by atoms with van der Waals surface area (Å²) in [7, 11) is 3.29. The van der Waals surface area contributed by atoms with E-state index in [1.165, 1.54) is 0 Å². The van der Waals surface area contributed by atoms with Gasteiger partial charge in [-0.2, -0.15) is 0 Å². The maximum absolute atomic E-state index is 13.7. The minimum Gasteiger partial charge on any atom is -0.497 e. The van der Waals surface area contributed by atoms with Crippen LogP contribution in [0.25, 0.3) is 0 Å². The topological polar surface area (TPSA) is 88.6 Å². The molecule has 0 spiro atoms. The van der Waals surface area contributed by atoms with Crippen LogP contribution in [0.1, 0.15) is 18.2 Å². The average Bonchev–Trinajstić information content (AvgIpc) is 2.84. The number of nitrogens with zero attached hydrogens (tertiary/aromatic N) is 3. The van der Waals surface area contributed by atoms with Crippen molar-refractivity contribution in [2.24, 2.45) is 0 Å². The van der Waals surface area contributed by atoms with Gasteiger partial charge in [0.1, 0.15) is 17.0 Å². The maximum atomic E-state index is 13.7. The van der Waals surface area contributed by atoms with Gasteiger partial charge in [-0.1, -0.05) is 12.1 Å². The molecule has 0 fully saturated rings. The van der Waals surface area contributed by atoms with Crippen LogP contribution in [-0.2, 0) is 21.5 Å². The lowest BCUT2D eigenvalue weighted by atomic mass is 9.79. The van der Waals surface area contributed by atoms with Crippen LogP contribution in [0.5, 0.6) is 5.75 Å². The van der Waals surface area contributed by atoms with Crippen LogP contribution < -0.4 is 15.4 Å². The summed E-state index contributed by atoms with van der Waals surface area (Å²) >= 11 is 0. The monoisotopic (exact) mass is 447 g/mol. The van der Waals surface area contributed by atoms with E-state index in [4.69, 9.17) is 14.5 Å². The van der Waals surface area contributed by atoms with Gasteiger partial charge in [-0.3, -0.25) is 14.7 Å².